The smallest absolute Gasteiger partial charge is 0.262 e. The van der Waals surface area contributed by atoms with Gasteiger partial charge in [-0.05, 0) is 32.3 Å². The third-order valence-corrected chi connectivity index (χ3v) is 5.30. The molecule has 0 unspecified atom stereocenters. The van der Waals surface area contributed by atoms with E-state index in [1.807, 2.05) is 0 Å². The van der Waals surface area contributed by atoms with Crippen molar-refractivity contribution < 1.29 is 9.53 Å². The first kappa shape index (κ1) is 15.2. The van der Waals surface area contributed by atoms with Gasteiger partial charge in [-0.2, -0.15) is 0 Å². The van der Waals surface area contributed by atoms with Gasteiger partial charge in [0.1, 0.15) is 10.7 Å². The maximum Gasteiger partial charge on any atom is 0.262 e. The van der Waals surface area contributed by atoms with Gasteiger partial charge in [0, 0.05) is 20.2 Å². The molecule has 1 amide bonds. The molecule has 0 saturated carbocycles. The minimum Gasteiger partial charge on any atom is -0.376 e. The number of amides is 1. The minimum atomic E-state index is -0.157. The molecule has 2 aromatic rings. The number of rotatable bonds is 3. The highest BCUT2D eigenvalue weighted by atomic mass is 32.1. The molecule has 7 heteroatoms. The monoisotopic (exact) mass is 321 g/mol. The van der Waals surface area contributed by atoms with Crippen molar-refractivity contribution in [2.75, 3.05) is 13.2 Å². The van der Waals surface area contributed by atoms with Crippen LogP contribution in [0.2, 0.25) is 0 Å². The number of carbonyl (C=O) groups excluding carboxylic acids is 1. The van der Waals surface area contributed by atoms with Crippen molar-refractivity contribution >= 4 is 27.5 Å². The number of ether oxygens (including phenoxy) is 1. The number of thiophene rings is 1. The van der Waals surface area contributed by atoms with Crippen molar-refractivity contribution in [1.82, 2.24) is 14.9 Å². The predicted molar refractivity (Wildman–Crippen MR) is 85.6 cm³/mol. The van der Waals surface area contributed by atoms with Crippen molar-refractivity contribution in [3.8, 4) is 0 Å². The number of fused-ring (bicyclic) bond motifs is 1. The van der Waals surface area contributed by atoms with Gasteiger partial charge in [0.05, 0.1) is 16.4 Å². The summed E-state index contributed by atoms with van der Waals surface area (Å²) in [6.07, 6.45) is 2.13. The molecule has 1 saturated heterocycles. The van der Waals surface area contributed by atoms with E-state index in [1.165, 1.54) is 15.9 Å². The summed E-state index contributed by atoms with van der Waals surface area (Å²) in [5.41, 5.74) is 0.604. The van der Waals surface area contributed by atoms with E-state index in [0.29, 0.717) is 33.0 Å². The number of aryl methyl sites for hydroxylation is 2. The summed E-state index contributed by atoms with van der Waals surface area (Å²) in [5.74, 6) is 0.487. The standard InChI is InChI=1S/C15H19N3O3S/c1-8-11-14(17-9(2)18(3)15(11)20)22-12(8)13(19)16-7-10-5-4-6-21-10/h10H,4-7H2,1-3H3,(H,16,19)/t10-/m1/s1. The molecule has 1 atom stereocenters. The molecule has 0 aromatic carbocycles. The topological polar surface area (TPSA) is 73.2 Å². The Bertz CT molecular complexity index is 787. The largest absolute Gasteiger partial charge is 0.376 e. The second kappa shape index (κ2) is 5.81. The Morgan fingerprint density at radius 1 is 1.50 bits per heavy atom. The highest BCUT2D eigenvalue weighted by molar-refractivity contribution is 7.20. The predicted octanol–water partition coefficient (Wildman–Crippen LogP) is 1.52. The lowest BCUT2D eigenvalue weighted by Gasteiger charge is -2.10. The lowest BCUT2D eigenvalue weighted by atomic mass is 10.2. The molecule has 0 spiro atoms. The molecule has 0 aliphatic carbocycles. The van der Waals surface area contributed by atoms with Crippen LogP contribution in [0.1, 0.15) is 33.9 Å². The summed E-state index contributed by atoms with van der Waals surface area (Å²) in [6.45, 7) is 4.87. The Hall–Kier alpha value is -1.73. The highest BCUT2D eigenvalue weighted by Gasteiger charge is 2.21. The van der Waals surface area contributed by atoms with Gasteiger partial charge in [0.25, 0.3) is 11.5 Å². The zero-order valence-corrected chi connectivity index (χ0v) is 13.7. The van der Waals surface area contributed by atoms with E-state index in [2.05, 4.69) is 10.3 Å². The molecule has 1 aliphatic rings. The van der Waals surface area contributed by atoms with Gasteiger partial charge in [-0.15, -0.1) is 11.3 Å². The molecular formula is C15H19N3O3S. The lowest BCUT2D eigenvalue weighted by Crippen LogP contribution is -2.31. The van der Waals surface area contributed by atoms with E-state index in [-0.39, 0.29) is 17.6 Å². The summed E-state index contributed by atoms with van der Waals surface area (Å²) >= 11 is 1.27. The molecule has 3 rings (SSSR count). The summed E-state index contributed by atoms with van der Waals surface area (Å²) in [7, 11) is 1.69. The molecule has 0 bridgehead atoms. The average molecular weight is 321 g/mol. The second-order valence-electron chi connectivity index (χ2n) is 5.60. The number of carbonyl (C=O) groups is 1. The fourth-order valence-electron chi connectivity index (χ4n) is 2.67. The fourth-order valence-corrected chi connectivity index (χ4v) is 3.81. The summed E-state index contributed by atoms with van der Waals surface area (Å²) < 4.78 is 7.01. The third-order valence-electron chi connectivity index (χ3n) is 4.12. The molecule has 1 fully saturated rings. The van der Waals surface area contributed by atoms with Gasteiger partial charge in [-0.1, -0.05) is 0 Å². The third kappa shape index (κ3) is 2.55. The van der Waals surface area contributed by atoms with Gasteiger partial charge < -0.3 is 10.1 Å². The van der Waals surface area contributed by atoms with E-state index >= 15 is 0 Å². The normalized spacial score (nSPS) is 18.0. The van der Waals surface area contributed by atoms with Crippen LogP contribution in [0.4, 0.5) is 0 Å². The minimum absolute atomic E-state index is 0.102. The first-order chi connectivity index (χ1) is 10.5. The van der Waals surface area contributed by atoms with Crippen LogP contribution in [0.3, 0.4) is 0 Å². The molecule has 1 N–H and O–H groups in total. The van der Waals surface area contributed by atoms with Crippen LogP contribution in [0.25, 0.3) is 10.2 Å². The average Bonchev–Trinajstić information content (AvgIpc) is 3.10. The summed E-state index contributed by atoms with van der Waals surface area (Å²) in [6, 6.07) is 0. The Balaban J connectivity index is 1.90. The second-order valence-corrected chi connectivity index (χ2v) is 6.60. The van der Waals surface area contributed by atoms with E-state index in [4.69, 9.17) is 4.74 Å². The van der Waals surface area contributed by atoms with Crippen LogP contribution in [0.5, 0.6) is 0 Å². The number of hydrogen-bond donors (Lipinski definition) is 1. The maximum absolute atomic E-state index is 12.4. The molecule has 0 radical (unpaired) electrons. The van der Waals surface area contributed by atoms with Crippen molar-refractivity contribution in [2.24, 2.45) is 7.05 Å². The highest BCUT2D eigenvalue weighted by Crippen LogP contribution is 2.27. The Morgan fingerprint density at radius 3 is 2.95 bits per heavy atom. The summed E-state index contributed by atoms with van der Waals surface area (Å²) in [5, 5.41) is 3.44. The van der Waals surface area contributed by atoms with E-state index in [9.17, 15) is 9.59 Å². The van der Waals surface area contributed by atoms with Crippen molar-refractivity contribution in [1.29, 1.82) is 0 Å². The molecule has 6 nitrogen and oxygen atoms in total. The number of aromatic nitrogens is 2. The molecule has 2 aromatic heterocycles. The summed E-state index contributed by atoms with van der Waals surface area (Å²) in [4.78, 5) is 30.3. The van der Waals surface area contributed by atoms with E-state index in [1.54, 1.807) is 20.9 Å². The van der Waals surface area contributed by atoms with E-state index < -0.39 is 0 Å². The van der Waals surface area contributed by atoms with Crippen LogP contribution < -0.4 is 10.9 Å². The van der Waals surface area contributed by atoms with Crippen molar-refractivity contribution in [2.45, 2.75) is 32.8 Å². The molecule has 118 valence electrons. The van der Waals surface area contributed by atoms with Crippen LogP contribution in [-0.2, 0) is 11.8 Å². The van der Waals surface area contributed by atoms with Crippen molar-refractivity contribution in [3.63, 3.8) is 0 Å². The molecule has 3 heterocycles. The molecule has 1 aliphatic heterocycles. The quantitative estimate of drug-likeness (QED) is 0.930. The molecular weight excluding hydrogens is 302 g/mol. The van der Waals surface area contributed by atoms with Crippen LogP contribution in [-0.4, -0.2) is 34.7 Å². The zero-order valence-electron chi connectivity index (χ0n) is 12.9. The van der Waals surface area contributed by atoms with Gasteiger partial charge in [0.2, 0.25) is 0 Å². The number of hydrogen-bond acceptors (Lipinski definition) is 5. The van der Waals surface area contributed by atoms with Crippen LogP contribution >= 0.6 is 11.3 Å². The molecule has 22 heavy (non-hydrogen) atoms. The zero-order chi connectivity index (χ0) is 15.9. The van der Waals surface area contributed by atoms with Crippen LogP contribution in [0, 0.1) is 13.8 Å². The van der Waals surface area contributed by atoms with Gasteiger partial charge in [-0.25, -0.2) is 4.98 Å². The Kier molecular flexibility index (Phi) is 4.01. The van der Waals surface area contributed by atoms with Gasteiger partial charge in [0.15, 0.2) is 0 Å². The van der Waals surface area contributed by atoms with Crippen molar-refractivity contribution in [3.05, 3.63) is 26.6 Å². The number of nitrogens with zero attached hydrogens (tertiary/aromatic N) is 2. The van der Waals surface area contributed by atoms with Crippen LogP contribution in [0.15, 0.2) is 4.79 Å². The SMILES string of the molecule is Cc1c(C(=O)NC[C@H]2CCCO2)sc2nc(C)n(C)c(=O)c12. The van der Waals surface area contributed by atoms with Gasteiger partial charge >= 0.3 is 0 Å². The first-order valence-electron chi connectivity index (χ1n) is 7.35. The number of nitrogens with one attached hydrogen (secondary N) is 1. The Morgan fingerprint density at radius 2 is 2.27 bits per heavy atom. The maximum atomic E-state index is 12.4. The Labute approximate surface area is 132 Å². The van der Waals surface area contributed by atoms with E-state index in [0.717, 1.165) is 19.4 Å². The first-order valence-corrected chi connectivity index (χ1v) is 8.17. The lowest BCUT2D eigenvalue weighted by molar-refractivity contribution is 0.0860. The fraction of sp³-hybridized carbons (Fsp3) is 0.533. The van der Waals surface area contributed by atoms with Gasteiger partial charge in [-0.3, -0.25) is 14.2 Å².